The Morgan fingerprint density at radius 3 is 2.33 bits per heavy atom. The van der Waals surface area contributed by atoms with Crippen molar-refractivity contribution in [3.8, 4) is 0 Å². The average molecular weight is 354 g/mol. The summed E-state index contributed by atoms with van der Waals surface area (Å²) in [7, 11) is -8.14. The SMILES string of the molecule is NS(=O)(=O)NCC1CCCN(S(=O)(=O)NCC(F)(F)F)C1. The van der Waals surface area contributed by atoms with Crippen LogP contribution < -0.4 is 14.6 Å². The second-order valence-corrected chi connectivity index (χ2v) is 7.83. The predicted molar refractivity (Wildman–Crippen MR) is 68.4 cm³/mol. The van der Waals surface area contributed by atoms with Crippen LogP contribution in [0, 0.1) is 5.92 Å². The third-order valence-electron chi connectivity index (χ3n) is 2.85. The van der Waals surface area contributed by atoms with E-state index >= 15 is 0 Å². The molecule has 13 heteroatoms. The van der Waals surface area contributed by atoms with Gasteiger partial charge in [-0.15, -0.1) is 0 Å². The van der Waals surface area contributed by atoms with Gasteiger partial charge >= 0.3 is 6.18 Å². The van der Waals surface area contributed by atoms with E-state index in [2.05, 4.69) is 0 Å². The number of nitrogens with one attached hydrogen (secondary N) is 2. The predicted octanol–water partition coefficient (Wildman–Crippen LogP) is -1.11. The molecule has 1 aliphatic rings. The fourth-order valence-electron chi connectivity index (χ4n) is 1.91. The molecule has 8 nitrogen and oxygen atoms in total. The zero-order valence-electron chi connectivity index (χ0n) is 10.9. The minimum absolute atomic E-state index is 0.0654. The van der Waals surface area contributed by atoms with E-state index in [4.69, 9.17) is 5.14 Å². The van der Waals surface area contributed by atoms with Gasteiger partial charge in [0.1, 0.15) is 6.54 Å². The standard InChI is InChI=1S/C8H17F3N4O4S2/c9-8(10,11)6-14-21(18,19)15-3-1-2-7(5-15)4-13-20(12,16)17/h7,13-14H,1-6H2,(H2,12,16,17). The zero-order chi connectivity index (χ0) is 16.3. The van der Waals surface area contributed by atoms with Crippen molar-refractivity contribution < 1.29 is 30.0 Å². The highest BCUT2D eigenvalue weighted by atomic mass is 32.2. The summed E-state index contributed by atoms with van der Waals surface area (Å²) in [6.07, 6.45) is -3.67. The average Bonchev–Trinajstić information content (AvgIpc) is 2.33. The van der Waals surface area contributed by atoms with Gasteiger partial charge < -0.3 is 0 Å². The molecule has 0 saturated carbocycles. The smallest absolute Gasteiger partial charge is 0.216 e. The molecule has 0 aromatic heterocycles. The van der Waals surface area contributed by atoms with Gasteiger partial charge in [-0.05, 0) is 18.8 Å². The molecule has 0 bridgehead atoms. The topological polar surface area (TPSA) is 122 Å². The van der Waals surface area contributed by atoms with Crippen LogP contribution in [0.3, 0.4) is 0 Å². The van der Waals surface area contributed by atoms with E-state index in [1.54, 1.807) is 0 Å². The Hall–Kier alpha value is -0.470. The normalized spacial score (nSPS) is 22.4. The van der Waals surface area contributed by atoms with Gasteiger partial charge in [-0.3, -0.25) is 0 Å². The molecule has 0 amide bonds. The monoisotopic (exact) mass is 354 g/mol. The molecule has 126 valence electrons. The van der Waals surface area contributed by atoms with Crippen LogP contribution in [0.15, 0.2) is 0 Å². The molecule has 1 rings (SSSR count). The van der Waals surface area contributed by atoms with E-state index in [0.29, 0.717) is 12.8 Å². The summed E-state index contributed by atoms with van der Waals surface area (Å²) >= 11 is 0. The second-order valence-electron chi connectivity index (χ2n) is 4.70. The lowest BCUT2D eigenvalue weighted by Gasteiger charge is -2.31. The summed E-state index contributed by atoms with van der Waals surface area (Å²) < 4.78 is 85.5. The fraction of sp³-hybridized carbons (Fsp3) is 1.00. The lowest BCUT2D eigenvalue weighted by Crippen LogP contribution is -2.50. The molecule has 0 aromatic rings. The summed E-state index contributed by atoms with van der Waals surface area (Å²) in [5.74, 6) is -0.348. The van der Waals surface area contributed by atoms with Crippen molar-refractivity contribution in [3.05, 3.63) is 0 Å². The number of nitrogens with two attached hydrogens (primary N) is 1. The van der Waals surface area contributed by atoms with Crippen molar-refractivity contribution in [3.63, 3.8) is 0 Å². The number of hydrogen-bond acceptors (Lipinski definition) is 4. The molecule has 1 heterocycles. The Balaban J connectivity index is 2.58. The van der Waals surface area contributed by atoms with Crippen LogP contribution >= 0.6 is 0 Å². The number of rotatable bonds is 6. The molecule has 0 radical (unpaired) electrons. The summed E-state index contributed by atoms with van der Waals surface area (Å²) in [6, 6.07) is 0. The molecule has 1 aliphatic heterocycles. The Bertz CT molecular complexity index is 548. The maximum atomic E-state index is 12.0. The summed E-state index contributed by atoms with van der Waals surface area (Å²) in [4.78, 5) is 0. The van der Waals surface area contributed by atoms with E-state index in [1.807, 2.05) is 4.72 Å². The van der Waals surface area contributed by atoms with Gasteiger partial charge in [0.2, 0.25) is 0 Å². The number of alkyl halides is 3. The second kappa shape index (κ2) is 6.75. The van der Waals surface area contributed by atoms with Crippen molar-refractivity contribution in [1.82, 2.24) is 13.7 Å². The summed E-state index contributed by atoms with van der Waals surface area (Å²) in [6.45, 7) is -1.70. The van der Waals surface area contributed by atoms with E-state index in [-0.39, 0.29) is 25.6 Å². The number of nitrogens with zero attached hydrogens (tertiary/aromatic N) is 1. The Kier molecular flexibility index (Phi) is 5.97. The molecule has 0 aliphatic carbocycles. The van der Waals surface area contributed by atoms with Gasteiger partial charge in [0.05, 0.1) is 0 Å². The zero-order valence-corrected chi connectivity index (χ0v) is 12.6. The van der Waals surface area contributed by atoms with Crippen LogP contribution in [-0.2, 0) is 20.4 Å². The third kappa shape index (κ3) is 7.37. The lowest BCUT2D eigenvalue weighted by atomic mass is 10.0. The number of hydrogen-bond donors (Lipinski definition) is 3. The van der Waals surface area contributed by atoms with Gasteiger partial charge in [-0.1, -0.05) is 0 Å². The third-order valence-corrected chi connectivity index (χ3v) is 4.94. The molecule has 21 heavy (non-hydrogen) atoms. The highest BCUT2D eigenvalue weighted by molar-refractivity contribution is 7.87. The minimum Gasteiger partial charge on any atom is -0.216 e. The first-order chi connectivity index (χ1) is 9.39. The largest absolute Gasteiger partial charge is 0.402 e. The number of halogens is 3. The van der Waals surface area contributed by atoms with Gasteiger partial charge in [0.25, 0.3) is 20.4 Å². The fourth-order valence-corrected chi connectivity index (χ4v) is 3.68. The summed E-state index contributed by atoms with van der Waals surface area (Å²) in [5.41, 5.74) is 0. The van der Waals surface area contributed by atoms with Crippen molar-refractivity contribution in [1.29, 1.82) is 0 Å². The van der Waals surface area contributed by atoms with E-state index in [1.165, 1.54) is 4.72 Å². The maximum absolute atomic E-state index is 12.0. The first-order valence-corrected chi connectivity index (χ1v) is 8.96. The highest BCUT2D eigenvalue weighted by Crippen LogP contribution is 2.19. The Morgan fingerprint density at radius 2 is 1.81 bits per heavy atom. The highest BCUT2D eigenvalue weighted by Gasteiger charge is 2.34. The van der Waals surface area contributed by atoms with Crippen LogP contribution in [0.1, 0.15) is 12.8 Å². The lowest BCUT2D eigenvalue weighted by molar-refractivity contribution is -0.121. The van der Waals surface area contributed by atoms with E-state index < -0.39 is 33.1 Å². The minimum atomic E-state index is -4.64. The van der Waals surface area contributed by atoms with Gasteiger partial charge in [0.15, 0.2) is 0 Å². The Morgan fingerprint density at radius 1 is 1.19 bits per heavy atom. The first kappa shape index (κ1) is 18.6. The van der Waals surface area contributed by atoms with Gasteiger partial charge in [-0.2, -0.15) is 39.0 Å². The molecule has 1 atom stereocenters. The molecule has 1 fully saturated rings. The van der Waals surface area contributed by atoms with Crippen molar-refractivity contribution in [2.24, 2.45) is 11.1 Å². The van der Waals surface area contributed by atoms with Gasteiger partial charge in [-0.25, -0.2) is 9.86 Å². The number of piperidine rings is 1. The molecule has 0 spiro atoms. The maximum Gasteiger partial charge on any atom is 0.402 e. The first-order valence-electron chi connectivity index (χ1n) is 5.98. The van der Waals surface area contributed by atoms with Crippen LogP contribution in [0.4, 0.5) is 13.2 Å². The van der Waals surface area contributed by atoms with Crippen LogP contribution in [0.25, 0.3) is 0 Å². The van der Waals surface area contributed by atoms with Crippen molar-refractivity contribution >= 4 is 20.4 Å². The summed E-state index contributed by atoms with van der Waals surface area (Å²) in [5, 5.41) is 4.76. The van der Waals surface area contributed by atoms with Crippen molar-refractivity contribution in [2.45, 2.75) is 19.0 Å². The molecule has 1 unspecified atom stereocenters. The van der Waals surface area contributed by atoms with Crippen LogP contribution in [0.2, 0.25) is 0 Å². The van der Waals surface area contributed by atoms with Crippen LogP contribution in [0.5, 0.6) is 0 Å². The Labute approximate surface area is 121 Å². The molecular formula is C8H17F3N4O4S2. The molecule has 0 aromatic carbocycles. The van der Waals surface area contributed by atoms with Gasteiger partial charge in [0, 0.05) is 19.6 Å². The quantitative estimate of drug-likeness (QED) is 0.560. The molecule has 4 N–H and O–H groups in total. The molecule has 1 saturated heterocycles. The van der Waals surface area contributed by atoms with E-state index in [0.717, 1.165) is 4.31 Å². The van der Waals surface area contributed by atoms with Crippen LogP contribution in [-0.4, -0.2) is 53.5 Å². The molecular weight excluding hydrogens is 337 g/mol. The van der Waals surface area contributed by atoms with Crippen molar-refractivity contribution in [2.75, 3.05) is 26.2 Å². The van der Waals surface area contributed by atoms with E-state index in [9.17, 15) is 30.0 Å².